The largest absolute Gasteiger partial charge is 0.463 e. The lowest BCUT2D eigenvalue weighted by Crippen LogP contribution is -2.57. The number of esters is 3. The number of hydrogen-bond donors (Lipinski definition) is 1. The van der Waals surface area contributed by atoms with Gasteiger partial charge in [-0.15, -0.1) is 12.6 Å². The van der Waals surface area contributed by atoms with E-state index in [-0.39, 0.29) is 18.8 Å². The van der Waals surface area contributed by atoms with E-state index >= 15 is 0 Å². The van der Waals surface area contributed by atoms with Crippen molar-refractivity contribution in [3.05, 3.63) is 0 Å². The Morgan fingerprint density at radius 1 is 0.917 bits per heavy atom. The lowest BCUT2D eigenvalue weighted by Gasteiger charge is -2.43. The molecule has 0 aliphatic carbocycles. The van der Waals surface area contributed by atoms with Gasteiger partial charge in [-0.05, 0) is 6.92 Å². The molecule has 5 unspecified atom stereocenters. The zero-order chi connectivity index (χ0) is 18.4. The smallest absolute Gasteiger partial charge is 0.303 e. The third-order valence-corrected chi connectivity index (χ3v) is 3.80. The maximum Gasteiger partial charge on any atom is 0.303 e. The Morgan fingerprint density at radius 3 is 1.92 bits per heavy atom. The molecule has 0 aromatic rings. The molecule has 24 heavy (non-hydrogen) atoms. The quantitative estimate of drug-likeness (QED) is 0.417. The zero-order valence-electron chi connectivity index (χ0n) is 14.0. The van der Waals surface area contributed by atoms with Gasteiger partial charge in [0.25, 0.3) is 0 Å². The van der Waals surface area contributed by atoms with E-state index in [0.717, 1.165) is 0 Å². The first-order valence-electron chi connectivity index (χ1n) is 7.42. The van der Waals surface area contributed by atoms with Crippen LogP contribution >= 0.6 is 12.6 Å². The number of thiol groups is 1. The highest BCUT2D eigenvalue weighted by molar-refractivity contribution is 7.80. The van der Waals surface area contributed by atoms with Crippen LogP contribution in [0.1, 0.15) is 34.1 Å². The molecule has 0 amide bonds. The molecular weight excluding hydrogens is 340 g/mol. The van der Waals surface area contributed by atoms with Gasteiger partial charge in [0.1, 0.15) is 36.1 Å². The minimum atomic E-state index is -0.918. The summed E-state index contributed by atoms with van der Waals surface area (Å²) in [6, 6.07) is 0. The molecule has 1 aliphatic rings. The number of Topliss-reactive ketones (excluding diaryl/α,β-unsaturated/α-hetero) is 1. The Balaban J connectivity index is 3.11. The number of carbonyl (C=O) groups is 4. The Labute approximate surface area is 145 Å². The summed E-state index contributed by atoms with van der Waals surface area (Å²) >= 11 is 4.26. The molecule has 0 bridgehead atoms. The van der Waals surface area contributed by atoms with Crippen molar-refractivity contribution in [3.8, 4) is 0 Å². The number of ketones is 1. The van der Waals surface area contributed by atoms with E-state index in [2.05, 4.69) is 12.6 Å². The minimum absolute atomic E-state index is 0.00706. The summed E-state index contributed by atoms with van der Waals surface area (Å²) < 4.78 is 21.0. The van der Waals surface area contributed by atoms with Crippen LogP contribution in [0.4, 0.5) is 0 Å². The van der Waals surface area contributed by atoms with E-state index in [4.69, 9.17) is 18.9 Å². The van der Waals surface area contributed by atoms with Crippen LogP contribution in [0.5, 0.6) is 0 Å². The van der Waals surface area contributed by atoms with Crippen molar-refractivity contribution < 1.29 is 38.1 Å². The van der Waals surface area contributed by atoms with Crippen LogP contribution in [0.25, 0.3) is 0 Å². The molecule has 0 spiro atoms. The normalized spacial score (nSPS) is 29.5. The Kier molecular flexibility index (Phi) is 7.68. The molecule has 1 saturated heterocycles. The van der Waals surface area contributed by atoms with Crippen molar-refractivity contribution in [2.24, 2.45) is 5.92 Å². The van der Waals surface area contributed by atoms with E-state index in [1.165, 1.54) is 27.7 Å². The lowest BCUT2D eigenvalue weighted by atomic mass is 9.85. The fourth-order valence-corrected chi connectivity index (χ4v) is 3.04. The van der Waals surface area contributed by atoms with Gasteiger partial charge in [-0.25, -0.2) is 0 Å². The second kappa shape index (κ2) is 9.03. The third kappa shape index (κ3) is 6.12. The fraction of sp³-hybridized carbons (Fsp3) is 0.733. The molecule has 0 saturated carbocycles. The zero-order valence-corrected chi connectivity index (χ0v) is 14.9. The molecule has 1 fully saturated rings. The molecule has 8 nitrogen and oxygen atoms in total. The summed E-state index contributed by atoms with van der Waals surface area (Å²) in [7, 11) is 0. The summed E-state index contributed by atoms with van der Waals surface area (Å²) in [6.45, 7) is 4.86. The first kappa shape index (κ1) is 20.4. The summed E-state index contributed by atoms with van der Waals surface area (Å²) in [5.74, 6) is -2.53. The maximum absolute atomic E-state index is 11.6. The van der Waals surface area contributed by atoms with E-state index in [0.29, 0.717) is 0 Å². The monoisotopic (exact) mass is 362 g/mol. The van der Waals surface area contributed by atoms with Crippen molar-refractivity contribution in [2.75, 3.05) is 6.61 Å². The molecular formula is C15H22O8S. The molecule has 9 heteroatoms. The molecule has 136 valence electrons. The van der Waals surface area contributed by atoms with Gasteiger partial charge in [-0.3, -0.25) is 14.4 Å². The topological polar surface area (TPSA) is 105 Å². The van der Waals surface area contributed by atoms with Gasteiger partial charge in [0.05, 0.1) is 0 Å². The Hall–Kier alpha value is -1.61. The van der Waals surface area contributed by atoms with Gasteiger partial charge in [0.2, 0.25) is 0 Å². The molecule has 5 atom stereocenters. The predicted octanol–water partition coefficient (Wildman–Crippen LogP) is 0.663. The van der Waals surface area contributed by atoms with Crippen LogP contribution in [0, 0.1) is 5.92 Å². The van der Waals surface area contributed by atoms with E-state index in [9.17, 15) is 19.2 Å². The summed E-state index contributed by atoms with van der Waals surface area (Å²) in [6.07, 6.45) is -2.63. The summed E-state index contributed by atoms with van der Waals surface area (Å²) in [5, 5.41) is 0. The number of rotatable bonds is 6. The average Bonchev–Trinajstić information content (AvgIpc) is 2.42. The van der Waals surface area contributed by atoms with Crippen molar-refractivity contribution in [2.45, 2.75) is 57.9 Å². The van der Waals surface area contributed by atoms with Gasteiger partial charge in [0, 0.05) is 33.1 Å². The van der Waals surface area contributed by atoms with Crippen molar-refractivity contribution >= 4 is 36.3 Å². The Bertz CT molecular complexity index is 506. The van der Waals surface area contributed by atoms with Crippen LogP contribution in [-0.4, -0.2) is 54.0 Å². The third-order valence-electron chi connectivity index (χ3n) is 3.38. The molecule has 0 aromatic heterocycles. The van der Waals surface area contributed by atoms with Crippen LogP contribution in [0.2, 0.25) is 0 Å². The van der Waals surface area contributed by atoms with Crippen molar-refractivity contribution in [3.63, 3.8) is 0 Å². The highest BCUT2D eigenvalue weighted by Crippen LogP contribution is 2.35. The lowest BCUT2D eigenvalue weighted by molar-refractivity contribution is -0.215. The van der Waals surface area contributed by atoms with Gasteiger partial charge >= 0.3 is 17.9 Å². The van der Waals surface area contributed by atoms with Crippen LogP contribution in [0.3, 0.4) is 0 Å². The van der Waals surface area contributed by atoms with Gasteiger partial charge in [0.15, 0.2) is 0 Å². The minimum Gasteiger partial charge on any atom is -0.463 e. The van der Waals surface area contributed by atoms with Crippen LogP contribution in [0.15, 0.2) is 0 Å². The molecule has 0 radical (unpaired) electrons. The number of hydrogen-bond acceptors (Lipinski definition) is 9. The number of ether oxygens (including phenoxy) is 4. The Morgan fingerprint density at radius 2 is 1.46 bits per heavy atom. The summed E-state index contributed by atoms with van der Waals surface area (Å²) in [5.41, 5.74) is -0.856. The van der Waals surface area contributed by atoms with Crippen LogP contribution in [-0.2, 0) is 38.1 Å². The second-order valence-corrected chi connectivity index (χ2v) is 6.09. The highest BCUT2D eigenvalue weighted by Gasteiger charge is 2.49. The van der Waals surface area contributed by atoms with E-state index in [1.54, 1.807) is 0 Å². The first-order valence-corrected chi connectivity index (χ1v) is 7.94. The summed E-state index contributed by atoms with van der Waals surface area (Å²) in [4.78, 5) is 45.4. The van der Waals surface area contributed by atoms with Gasteiger partial charge in [-0.1, -0.05) is 0 Å². The van der Waals surface area contributed by atoms with Crippen LogP contribution < -0.4 is 0 Å². The molecule has 0 N–H and O–H groups in total. The molecule has 0 aromatic carbocycles. The molecule has 1 aliphatic heterocycles. The average molecular weight is 362 g/mol. The molecule has 1 heterocycles. The standard InChI is InChI=1S/C15H22O8S/c1-7(16)5-11-13(21-9(3)18)12(6-20-8(2)17)23-15(24)14(11)22-10(4)19/h11-15,24H,5-6H2,1-4H3. The highest BCUT2D eigenvalue weighted by atomic mass is 32.1. The van der Waals surface area contributed by atoms with Gasteiger partial charge in [-0.2, -0.15) is 0 Å². The second-order valence-electron chi connectivity index (χ2n) is 5.59. The molecule has 1 rings (SSSR count). The SMILES string of the molecule is CC(=O)CC1C(OC(C)=O)C(S)OC(COC(C)=O)C1OC(C)=O. The predicted molar refractivity (Wildman–Crippen MR) is 84.2 cm³/mol. The van der Waals surface area contributed by atoms with Gasteiger partial charge < -0.3 is 23.7 Å². The van der Waals surface area contributed by atoms with Crippen molar-refractivity contribution in [1.82, 2.24) is 0 Å². The fourth-order valence-electron chi connectivity index (χ4n) is 2.60. The maximum atomic E-state index is 11.6. The number of carbonyl (C=O) groups excluding carboxylic acids is 4. The first-order chi connectivity index (χ1) is 11.1. The van der Waals surface area contributed by atoms with Crippen molar-refractivity contribution in [1.29, 1.82) is 0 Å². The van der Waals surface area contributed by atoms with E-state index in [1.807, 2.05) is 0 Å². The van der Waals surface area contributed by atoms with E-state index < -0.39 is 47.6 Å².